The maximum Gasteiger partial charge on any atom is 0.0703 e. The lowest BCUT2D eigenvalue weighted by Crippen LogP contribution is -2.09. The highest BCUT2D eigenvalue weighted by Crippen LogP contribution is 2.01. The van der Waals surface area contributed by atoms with E-state index in [4.69, 9.17) is 9.47 Å². The van der Waals surface area contributed by atoms with Crippen molar-refractivity contribution in [2.75, 3.05) is 19.8 Å². The first-order chi connectivity index (χ1) is 13.3. The monoisotopic (exact) mass is 376 g/mol. The Morgan fingerprint density at radius 3 is 1.63 bits per heavy atom. The number of hydrogen-bond acceptors (Lipinski definition) is 2. The molecular weight excluding hydrogens is 332 g/mol. The number of allylic oxidation sites excluding steroid dienone is 8. The average molecular weight is 377 g/mol. The molecule has 0 saturated heterocycles. The van der Waals surface area contributed by atoms with E-state index in [0.29, 0.717) is 19.3 Å². The predicted molar refractivity (Wildman–Crippen MR) is 120 cm³/mol. The molecule has 0 aliphatic rings. The number of unbranched alkanes of at least 4 members (excludes halogenated alkanes) is 5. The van der Waals surface area contributed by atoms with Crippen LogP contribution in [0.4, 0.5) is 0 Å². The second-order valence-electron chi connectivity index (χ2n) is 7.12. The van der Waals surface area contributed by atoms with Gasteiger partial charge in [-0.3, -0.25) is 0 Å². The molecule has 0 amide bonds. The summed E-state index contributed by atoms with van der Waals surface area (Å²) in [6.07, 6.45) is 30.3. The molecule has 0 rings (SSSR count). The zero-order chi connectivity index (χ0) is 19.8. The molecule has 0 fully saturated rings. The van der Waals surface area contributed by atoms with Crippen molar-refractivity contribution in [3.05, 3.63) is 48.6 Å². The van der Waals surface area contributed by atoms with Crippen LogP contribution < -0.4 is 0 Å². The molecule has 0 unspecified atom stereocenters. The molecule has 0 aliphatic carbocycles. The number of hydrogen-bond donors (Lipinski definition) is 0. The fourth-order valence-electron chi connectivity index (χ4n) is 2.47. The molecule has 0 aromatic rings. The summed E-state index contributed by atoms with van der Waals surface area (Å²) in [5.41, 5.74) is 0. The molecule has 2 nitrogen and oxygen atoms in total. The van der Waals surface area contributed by atoms with Gasteiger partial charge in [0.15, 0.2) is 0 Å². The van der Waals surface area contributed by atoms with Crippen LogP contribution in [0.3, 0.4) is 0 Å². The van der Waals surface area contributed by atoms with Gasteiger partial charge in [-0.1, -0.05) is 68.4 Å². The minimum Gasteiger partial charge on any atom is -0.379 e. The van der Waals surface area contributed by atoms with Crippen LogP contribution in [-0.2, 0) is 9.47 Å². The van der Waals surface area contributed by atoms with Crippen molar-refractivity contribution in [3.63, 3.8) is 0 Å². The van der Waals surface area contributed by atoms with E-state index in [0.717, 1.165) is 38.7 Å². The van der Waals surface area contributed by atoms with Crippen LogP contribution in [0.2, 0.25) is 0 Å². The molecule has 0 radical (unpaired) electrons. The van der Waals surface area contributed by atoms with E-state index in [-0.39, 0.29) is 0 Å². The van der Waals surface area contributed by atoms with Crippen molar-refractivity contribution in [2.24, 2.45) is 0 Å². The van der Waals surface area contributed by atoms with E-state index in [2.05, 4.69) is 55.5 Å². The lowest BCUT2D eigenvalue weighted by atomic mass is 10.2. The van der Waals surface area contributed by atoms with Gasteiger partial charge in [0.25, 0.3) is 0 Å². The summed E-state index contributed by atoms with van der Waals surface area (Å²) in [5.74, 6) is 0. The Kier molecular flexibility index (Phi) is 22.0. The molecule has 0 saturated carbocycles. The lowest BCUT2D eigenvalue weighted by molar-refractivity contribution is 0.0188. The summed E-state index contributed by atoms with van der Waals surface area (Å²) in [6, 6.07) is 0. The molecule has 0 aromatic carbocycles. The highest BCUT2D eigenvalue weighted by Gasteiger charge is 1.93. The van der Waals surface area contributed by atoms with Crippen molar-refractivity contribution < 1.29 is 9.47 Å². The van der Waals surface area contributed by atoms with E-state index in [1.54, 1.807) is 0 Å². The molecule has 2 heteroatoms. The molecule has 0 aliphatic heterocycles. The van der Waals surface area contributed by atoms with E-state index in [9.17, 15) is 0 Å². The Labute approximate surface area is 169 Å². The summed E-state index contributed by atoms with van der Waals surface area (Å²) in [4.78, 5) is 0. The maximum absolute atomic E-state index is 5.54. The van der Waals surface area contributed by atoms with Gasteiger partial charge in [-0.2, -0.15) is 0 Å². The van der Waals surface area contributed by atoms with Crippen LogP contribution in [0.1, 0.15) is 85.0 Å². The third-order valence-corrected chi connectivity index (χ3v) is 4.05. The SMILES string of the molecule is CCCCCC=CCC=CCC=CCC=CCCCCOCCOC(C)C. The van der Waals surface area contributed by atoms with Gasteiger partial charge < -0.3 is 9.47 Å². The smallest absolute Gasteiger partial charge is 0.0703 e. The quantitative estimate of drug-likeness (QED) is 0.171. The lowest BCUT2D eigenvalue weighted by Gasteiger charge is -2.07. The van der Waals surface area contributed by atoms with Gasteiger partial charge in [0.2, 0.25) is 0 Å². The largest absolute Gasteiger partial charge is 0.379 e. The van der Waals surface area contributed by atoms with Crippen molar-refractivity contribution in [1.29, 1.82) is 0 Å². The van der Waals surface area contributed by atoms with Gasteiger partial charge >= 0.3 is 0 Å². The summed E-state index contributed by atoms with van der Waals surface area (Å²) in [6.45, 7) is 8.60. The molecule has 0 heterocycles. The Morgan fingerprint density at radius 2 is 1.11 bits per heavy atom. The first-order valence-corrected chi connectivity index (χ1v) is 11.1. The Hall–Kier alpha value is -1.12. The fraction of sp³-hybridized carbons (Fsp3) is 0.680. The maximum atomic E-state index is 5.54. The van der Waals surface area contributed by atoms with Crippen molar-refractivity contribution in [1.82, 2.24) is 0 Å². The summed E-state index contributed by atoms with van der Waals surface area (Å²) in [5, 5.41) is 0. The Morgan fingerprint density at radius 1 is 0.593 bits per heavy atom. The topological polar surface area (TPSA) is 18.5 Å². The zero-order valence-corrected chi connectivity index (χ0v) is 18.2. The third-order valence-electron chi connectivity index (χ3n) is 4.05. The average Bonchev–Trinajstić information content (AvgIpc) is 2.65. The van der Waals surface area contributed by atoms with E-state index < -0.39 is 0 Å². The molecule has 27 heavy (non-hydrogen) atoms. The molecular formula is C25H44O2. The minimum absolute atomic E-state index is 0.297. The Bertz CT molecular complexity index is 391. The van der Waals surface area contributed by atoms with Crippen LogP contribution >= 0.6 is 0 Å². The highest BCUT2D eigenvalue weighted by molar-refractivity contribution is 4.99. The van der Waals surface area contributed by atoms with Crippen LogP contribution in [0.15, 0.2) is 48.6 Å². The first-order valence-electron chi connectivity index (χ1n) is 11.1. The third kappa shape index (κ3) is 24.9. The molecule has 0 bridgehead atoms. The van der Waals surface area contributed by atoms with E-state index >= 15 is 0 Å². The summed E-state index contributed by atoms with van der Waals surface area (Å²) < 4.78 is 11.0. The van der Waals surface area contributed by atoms with Crippen molar-refractivity contribution in [2.45, 2.75) is 91.1 Å². The second-order valence-corrected chi connectivity index (χ2v) is 7.12. The number of ether oxygens (including phenoxy) is 2. The van der Waals surface area contributed by atoms with Crippen LogP contribution in [-0.4, -0.2) is 25.9 Å². The minimum atomic E-state index is 0.297. The fourth-order valence-corrected chi connectivity index (χ4v) is 2.47. The summed E-state index contributed by atoms with van der Waals surface area (Å²) in [7, 11) is 0. The molecule has 0 aromatic heterocycles. The standard InChI is InChI=1S/C25H44O2/c1-4-5-6-7-8-9-10-11-12-13-14-15-16-17-18-19-20-21-22-26-23-24-27-25(2)3/h8-9,11-12,14-15,17-18,25H,4-7,10,13,16,19-24H2,1-3H3. The van der Waals surface area contributed by atoms with Gasteiger partial charge in [0.1, 0.15) is 0 Å². The van der Waals surface area contributed by atoms with Gasteiger partial charge in [-0.25, -0.2) is 0 Å². The van der Waals surface area contributed by atoms with E-state index in [1.807, 2.05) is 13.8 Å². The van der Waals surface area contributed by atoms with E-state index in [1.165, 1.54) is 32.1 Å². The second kappa shape index (κ2) is 22.9. The molecule has 0 atom stereocenters. The van der Waals surface area contributed by atoms with Crippen molar-refractivity contribution in [3.8, 4) is 0 Å². The highest BCUT2D eigenvalue weighted by atomic mass is 16.5. The van der Waals surface area contributed by atoms with Crippen molar-refractivity contribution >= 4 is 0 Å². The zero-order valence-electron chi connectivity index (χ0n) is 18.2. The molecule has 156 valence electrons. The molecule has 0 N–H and O–H groups in total. The Balaban J connectivity index is 3.32. The molecule has 0 spiro atoms. The number of rotatable bonds is 19. The predicted octanol–water partition coefficient (Wildman–Crippen LogP) is 7.57. The van der Waals surface area contributed by atoms with Gasteiger partial charge in [0, 0.05) is 6.61 Å². The van der Waals surface area contributed by atoms with Gasteiger partial charge in [-0.15, -0.1) is 0 Å². The van der Waals surface area contributed by atoms with Crippen LogP contribution in [0.25, 0.3) is 0 Å². The normalized spacial score (nSPS) is 12.7. The van der Waals surface area contributed by atoms with Crippen LogP contribution in [0, 0.1) is 0 Å². The first kappa shape index (κ1) is 25.9. The van der Waals surface area contributed by atoms with Crippen LogP contribution in [0.5, 0.6) is 0 Å². The summed E-state index contributed by atoms with van der Waals surface area (Å²) >= 11 is 0. The van der Waals surface area contributed by atoms with Gasteiger partial charge in [0.05, 0.1) is 19.3 Å². The van der Waals surface area contributed by atoms with Gasteiger partial charge in [-0.05, 0) is 65.2 Å².